The molecule has 0 saturated heterocycles. The standard InChI is InChI=1S/C19H21N3O3/c1-12-16-9-15(24-3)6-7-17(16)25-18(12)13(2)22-19(23)21-11-14-5-4-8-20-10-14/h4-10,13H,11H2,1-3H3,(H2,21,22,23)/t13-/m0/s1. The quantitative estimate of drug-likeness (QED) is 0.743. The van der Waals surface area contributed by atoms with Gasteiger partial charge in [0.2, 0.25) is 0 Å². The molecule has 130 valence electrons. The number of hydrogen-bond acceptors (Lipinski definition) is 4. The van der Waals surface area contributed by atoms with Crippen LogP contribution in [0.15, 0.2) is 47.1 Å². The number of nitrogens with zero attached hydrogens (tertiary/aromatic N) is 1. The third kappa shape index (κ3) is 3.74. The molecule has 3 aromatic rings. The Morgan fingerprint density at radius 2 is 2.20 bits per heavy atom. The third-order valence-corrected chi connectivity index (χ3v) is 4.10. The van der Waals surface area contributed by atoms with Gasteiger partial charge < -0.3 is 19.8 Å². The maximum Gasteiger partial charge on any atom is 0.315 e. The maximum atomic E-state index is 12.1. The Balaban J connectivity index is 1.68. The highest BCUT2D eigenvalue weighted by Gasteiger charge is 2.18. The number of rotatable bonds is 5. The van der Waals surface area contributed by atoms with Crippen LogP contribution in [-0.2, 0) is 6.54 Å². The minimum Gasteiger partial charge on any atom is -0.497 e. The Labute approximate surface area is 146 Å². The lowest BCUT2D eigenvalue weighted by molar-refractivity contribution is 0.236. The summed E-state index contributed by atoms with van der Waals surface area (Å²) in [5.74, 6) is 1.51. The van der Waals surface area contributed by atoms with Gasteiger partial charge in [-0.25, -0.2) is 4.79 Å². The van der Waals surface area contributed by atoms with Crippen LogP contribution in [0.3, 0.4) is 0 Å². The zero-order valence-corrected chi connectivity index (χ0v) is 14.5. The molecule has 0 unspecified atom stereocenters. The number of pyridine rings is 1. The van der Waals surface area contributed by atoms with Crippen molar-refractivity contribution < 1.29 is 13.9 Å². The molecule has 0 aliphatic rings. The first kappa shape index (κ1) is 16.8. The van der Waals surface area contributed by atoms with Crippen molar-refractivity contribution in [1.82, 2.24) is 15.6 Å². The molecule has 0 spiro atoms. The van der Waals surface area contributed by atoms with E-state index in [2.05, 4.69) is 15.6 Å². The molecular weight excluding hydrogens is 318 g/mol. The molecule has 6 heteroatoms. The highest BCUT2D eigenvalue weighted by atomic mass is 16.5. The molecule has 2 N–H and O–H groups in total. The Hall–Kier alpha value is -3.02. The van der Waals surface area contributed by atoms with Gasteiger partial charge in [-0.3, -0.25) is 4.98 Å². The second-order valence-electron chi connectivity index (χ2n) is 5.86. The molecule has 6 nitrogen and oxygen atoms in total. The number of methoxy groups -OCH3 is 1. The summed E-state index contributed by atoms with van der Waals surface area (Å²) in [5.41, 5.74) is 2.71. The first-order valence-corrected chi connectivity index (χ1v) is 8.09. The van der Waals surface area contributed by atoms with Crippen LogP contribution in [0.5, 0.6) is 5.75 Å². The van der Waals surface area contributed by atoms with Gasteiger partial charge in [0.25, 0.3) is 0 Å². The second-order valence-corrected chi connectivity index (χ2v) is 5.86. The van der Waals surface area contributed by atoms with Crippen LogP contribution in [0, 0.1) is 6.92 Å². The van der Waals surface area contributed by atoms with E-state index in [1.807, 2.05) is 44.2 Å². The van der Waals surface area contributed by atoms with Gasteiger partial charge in [0, 0.05) is 29.9 Å². The third-order valence-electron chi connectivity index (χ3n) is 4.10. The van der Waals surface area contributed by atoms with Crippen molar-refractivity contribution in [3.8, 4) is 5.75 Å². The molecule has 0 aliphatic carbocycles. The number of benzene rings is 1. The fourth-order valence-electron chi connectivity index (χ4n) is 2.76. The minimum absolute atomic E-state index is 0.256. The van der Waals surface area contributed by atoms with E-state index in [1.54, 1.807) is 19.5 Å². The fraction of sp³-hybridized carbons (Fsp3) is 0.263. The summed E-state index contributed by atoms with van der Waals surface area (Å²) in [5, 5.41) is 6.71. The van der Waals surface area contributed by atoms with Crippen molar-refractivity contribution in [2.24, 2.45) is 0 Å². The van der Waals surface area contributed by atoms with E-state index in [1.165, 1.54) is 0 Å². The smallest absolute Gasteiger partial charge is 0.315 e. The molecule has 0 aliphatic heterocycles. The Bertz CT molecular complexity index is 874. The number of aromatic nitrogens is 1. The predicted octanol–water partition coefficient (Wildman–Crippen LogP) is 3.71. The Morgan fingerprint density at radius 1 is 1.36 bits per heavy atom. The first-order chi connectivity index (χ1) is 12.1. The van der Waals surface area contributed by atoms with Crippen LogP contribution in [-0.4, -0.2) is 18.1 Å². The van der Waals surface area contributed by atoms with Crippen molar-refractivity contribution >= 4 is 17.0 Å². The number of carbonyl (C=O) groups excluding carboxylic acids is 1. The largest absolute Gasteiger partial charge is 0.497 e. The molecule has 0 fully saturated rings. The van der Waals surface area contributed by atoms with Crippen molar-refractivity contribution in [3.63, 3.8) is 0 Å². The number of aryl methyl sites for hydroxylation is 1. The summed E-state index contributed by atoms with van der Waals surface area (Å²) in [4.78, 5) is 16.1. The van der Waals surface area contributed by atoms with Crippen molar-refractivity contribution in [3.05, 3.63) is 59.6 Å². The average Bonchev–Trinajstić information content (AvgIpc) is 2.97. The topological polar surface area (TPSA) is 76.4 Å². The Morgan fingerprint density at radius 3 is 2.92 bits per heavy atom. The average molecular weight is 339 g/mol. The first-order valence-electron chi connectivity index (χ1n) is 8.09. The summed E-state index contributed by atoms with van der Waals surface area (Å²) >= 11 is 0. The minimum atomic E-state index is -0.257. The van der Waals surface area contributed by atoms with Crippen molar-refractivity contribution in [2.75, 3.05) is 7.11 Å². The van der Waals surface area contributed by atoms with E-state index in [-0.39, 0.29) is 12.1 Å². The molecule has 0 bridgehead atoms. The monoisotopic (exact) mass is 339 g/mol. The number of ether oxygens (including phenoxy) is 1. The zero-order valence-electron chi connectivity index (χ0n) is 14.5. The van der Waals surface area contributed by atoms with E-state index < -0.39 is 0 Å². The number of furan rings is 1. The van der Waals surface area contributed by atoms with Gasteiger partial charge in [0.15, 0.2) is 0 Å². The van der Waals surface area contributed by atoms with Crippen LogP contribution in [0.2, 0.25) is 0 Å². The second kappa shape index (κ2) is 7.25. The van der Waals surface area contributed by atoms with Gasteiger partial charge in [-0.05, 0) is 43.7 Å². The molecular formula is C19H21N3O3. The number of nitrogens with one attached hydrogen (secondary N) is 2. The van der Waals surface area contributed by atoms with Crippen LogP contribution in [0.25, 0.3) is 11.0 Å². The van der Waals surface area contributed by atoms with Gasteiger partial charge in [0.05, 0.1) is 13.2 Å². The lowest BCUT2D eigenvalue weighted by Crippen LogP contribution is -2.36. The number of hydrogen-bond donors (Lipinski definition) is 2. The molecule has 25 heavy (non-hydrogen) atoms. The summed E-state index contributed by atoms with van der Waals surface area (Å²) in [6, 6.07) is 8.90. The molecule has 2 heterocycles. The van der Waals surface area contributed by atoms with E-state index in [0.29, 0.717) is 6.54 Å². The van der Waals surface area contributed by atoms with E-state index in [9.17, 15) is 4.79 Å². The number of fused-ring (bicyclic) bond motifs is 1. The van der Waals surface area contributed by atoms with Gasteiger partial charge in [0.1, 0.15) is 17.1 Å². The van der Waals surface area contributed by atoms with E-state index in [0.717, 1.165) is 33.6 Å². The molecule has 0 radical (unpaired) electrons. The fourth-order valence-corrected chi connectivity index (χ4v) is 2.76. The van der Waals surface area contributed by atoms with Gasteiger partial charge in [-0.2, -0.15) is 0 Å². The van der Waals surface area contributed by atoms with E-state index in [4.69, 9.17) is 9.15 Å². The molecule has 3 rings (SSSR count). The van der Waals surface area contributed by atoms with Gasteiger partial charge in [-0.1, -0.05) is 6.07 Å². The molecule has 2 aromatic heterocycles. The maximum absolute atomic E-state index is 12.1. The highest BCUT2D eigenvalue weighted by Crippen LogP contribution is 2.31. The summed E-state index contributed by atoms with van der Waals surface area (Å²) in [7, 11) is 1.63. The molecule has 0 saturated carbocycles. The van der Waals surface area contributed by atoms with Crippen molar-refractivity contribution in [1.29, 1.82) is 0 Å². The highest BCUT2D eigenvalue weighted by molar-refractivity contribution is 5.84. The van der Waals surface area contributed by atoms with Crippen LogP contribution < -0.4 is 15.4 Å². The molecule has 2 amide bonds. The van der Waals surface area contributed by atoms with Crippen LogP contribution in [0.4, 0.5) is 4.79 Å². The summed E-state index contributed by atoms with van der Waals surface area (Å²) in [6.45, 7) is 4.29. The van der Waals surface area contributed by atoms with E-state index >= 15 is 0 Å². The normalized spacial score (nSPS) is 12.0. The SMILES string of the molecule is COc1ccc2oc([C@H](C)NC(=O)NCc3cccnc3)c(C)c2c1. The molecule has 1 aromatic carbocycles. The summed E-state index contributed by atoms with van der Waals surface area (Å²) < 4.78 is 11.2. The number of carbonyl (C=O) groups is 1. The molecule has 1 atom stereocenters. The number of urea groups is 1. The predicted molar refractivity (Wildman–Crippen MR) is 95.5 cm³/mol. The van der Waals surface area contributed by atoms with Crippen LogP contribution >= 0.6 is 0 Å². The number of amides is 2. The Kier molecular flexibility index (Phi) is 4.88. The zero-order chi connectivity index (χ0) is 17.8. The van der Waals surface area contributed by atoms with Crippen molar-refractivity contribution in [2.45, 2.75) is 26.4 Å². The van der Waals surface area contributed by atoms with Gasteiger partial charge >= 0.3 is 6.03 Å². The van der Waals surface area contributed by atoms with Gasteiger partial charge in [-0.15, -0.1) is 0 Å². The van der Waals surface area contributed by atoms with Crippen LogP contribution in [0.1, 0.15) is 29.9 Å². The summed E-state index contributed by atoms with van der Waals surface area (Å²) in [6.07, 6.45) is 3.42. The lowest BCUT2D eigenvalue weighted by atomic mass is 10.1. The lowest BCUT2D eigenvalue weighted by Gasteiger charge is -2.13.